The molecule has 0 heterocycles. The molecule has 0 spiro atoms. The smallest absolute Gasteiger partial charge is 0.148 e. The van der Waals surface area contributed by atoms with Crippen LogP contribution in [0, 0.1) is 0 Å². The Morgan fingerprint density at radius 3 is 2.62 bits per heavy atom. The maximum atomic E-state index is 11.1. The van der Waals surface area contributed by atoms with Crippen molar-refractivity contribution in [3.63, 3.8) is 0 Å². The van der Waals surface area contributed by atoms with Crippen LogP contribution in [-0.2, 0) is 9.84 Å². The van der Waals surface area contributed by atoms with Gasteiger partial charge in [0.1, 0.15) is 9.84 Å². The number of rotatable bonds is 6. The third-order valence-electron chi connectivity index (χ3n) is 3.20. The van der Waals surface area contributed by atoms with Gasteiger partial charge in [0, 0.05) is 24.1 Å². The lowest BCUT2D eigenvalue weighted by molar-refractivity contribution is 0.259. The van der Waals surface area contributed by atoms with E-state index < -0.39 is 9.84 Å². The topological polar surface area (TPSA) is 37.4 Å². The van der Waals surface area contributed by atoms with Crippen molar-refractivity contribution >= 4 is 21.6 Å². The Balaban J connectivity index is 2.30. The summed E-state index contributed by atoms with van der Waals surface area (Å²) >= 11 is 2.04. The first-order valence-electron chi connectivity index (χ1n) is 5.92. The Hall–Kier alpha value is 0.260. The van der Waals surface area contributed by atoms with Gasteiger partial charge in [-0.25, -0.2) is 8.42 Å². The van der Waals surface area contributed by atoms with E-state index in [1.807, 2.05) is 11.8 Å². The fourth-order valence-electron chi connectivity index (χ4n) is 2.20. The maximum absolute atomic E-state index is 11.1. The van der Waals surface area contributed by atoms with Gasteiger partial charge in [0.2, 0.25) is 0 Å². The number of hydrogen-bond acceptors (Lipinski definition) is 4. The minimum absolute atomic E-state index is 0.283. The SMILES string of the molecule is CCS[C@H]1CC[C@H](N(C)CCS(C)(=O)=O)C1. The van der Waals surface area contributed by atoms with E-state index in [9.17, 15) is 8.42 Å². The largest absolute Gasteiger partial charge is 0.302 e. The van der Waals surface area contributed by atoms with E-state index in [0.717, 1.165) is 5.25 Å². The third kappa shape index (κ3) is 5.06. The first-order valence-corrected chi connectivity index (χ1v) is 9.03. The van der Waals surface area contributed by atoms with E-state index in [2.05, 4.69) is 18.9 Å². The second-order valence-corrected chi connectivity index (χ2v) is 8.49. The highest BCUT2D eigenvalue weighted by Crippen LogP contribution is 2.31. The molecule has 96 valence electrons. The van der Waals surface area contributed by atoms with E-state index in [4.69, 9.17) is 0 Å². The van der Waals surface area contributed by atoms with Gasteiger partial charge in [-0.1, -0.05) is 6.92 Å². The zero-order chi connectivity index (χ0) is 12.2. The van der Waals surface area contributed by atoms with Crippen LogP contribution in [0.5, 0.6) is 0 Å². The normalized spacial score (nSPS) is 26.5. The molecule has 1 aliphatic carbocycles. The molecule has 0 aromatic rings. The third-order valence-corrected chi connectivity index (χ3v) is 5.35. The van der Waals surface area contributed by atoms with E-state index in [1.54, 1.807) is 0 Å². The second-order valence-electron chi connectivity index (χ2n) is 4.65. The predicted octanol–water partition coefficient (Wildman–Crippen LogP) is 1.64. The molecule has 16 heavy (non-hydrogen) atoms. The van der Waals surface area contributed by atoms with Gasteiger partial charge in [-0.3, -0.25) is 0 Å². The summed E-state index contributed by atoms with van der Waals surface area (Å²) in [5, 5.41) is 0.788. The molecule has 0 N–H and O–H groups in total. The standard InChI is InChI=1S/C11H23NO2S2/c1-4-15-11-6-5-10(9-11)12(2)7-8-16(3,13)14/h10-11H,4-9H2,1-3H3/t10-,11-/m0/s1. The minimum atomic E-state index is -2.82. The van der Waals surface area contributed by atoms with Crippen LogP contribution in [0.25, 0.3) is 0 Å². The average Bonchev–Trinajstić information content (AvgIpc) is 2.62. The minimum Gasteiger partial charge on any atom is -0.302 e. The molecule has 1 rings (SSSR count). The van der Waals surface area contributed by atoms with Crippen molar-refractivity contribution in [2.75, 3.05) is 31.4 Å². The molecule has 2 atom stereocenters. The van der Waals surface area contributed by atoms with Gasteiger partial charge in [-0.2, -0.15) is 11.8 Å². The maximum Gasteiger partial charge on any atom is 0.148 e. The molecule has 5 heteroatoms. The van der Waals surface area contributed by atoms with Crippen molar-refractivity contribution in [1.82, 2.24) is 4.90 Å². The Morgan fingerprint density at radius 2 is 2.06 bits per heavy atom. The number of sulfone groups is 1. The van der Waals surface area contributed by atoms with Gasteiger partial charge in [0.25, 0.3) is 0 Å². The lowest BCUT2D eigenvalue weighted by atomic mass is 10.2. The summed E-state index contributed by atoms with van der Waals surface area (Å²) in [4.78, 5) is 2.22. The van der Waals surface area contributed by atoms with Gasteiger partial charge in [-0.05, 0) is 32.1 Å². The van der Waals surface area contributed by atoms with Crippen LogP contribution in [0.2, 0.25) is 0 Å². The lowest BCUT2D eigenvalue weighted by Crippen LogP contribution is -2.33. The van der Waals surface area contributed by atoms with Gasteiger partial charge in [0.15, 0.2) is 0 Å². The van der Waals surface area contributed by atoms with Crippen molar-refractivity contribution in [3.8, 4) is 0 Å². The zero-order valence-electron chi connectivity index (χ0n) is 10.5. The summed E-state index contributed by atoms with van der Waals surface area (Å²) in [6.45, 7) is 2.87. The Bertz CT molecular complexity index is 303. The van der Waals surface area contributed by atoms with Crippen molar-refractivity contribution in [2.24, 2.45) is 0 Å². The molecule has 1 aliphatic rings. The van der Waals surface area contributed by atoms with Gasteiger partial charge in [-0.15, -0.1) is 0 Å². The Morgan fingerprint density at radius 1 is 1.38 bits per heavy atom. The molecular formula is C11H23NO2S2. The summed E-state index contributed by atoms with van der Waals surface area (Å²) < 4.78 is 22.2. The van der Waals surface area contributed by atoms with E-state index in [-0.39, 0.29) is 5.75 Å². The molecule has 0 radical (unpaired) electrons. The molecule has 1 saturated carbocycles. The molecule has 0 aromatic heterocycles. The van der Waals surface area contributed by atoms with Crippen LogP contribution >= 0.6 is 11.8 Å². The quantitative estimate of drug-likeness (QED) is 0.731. The molecule has 0 aromatic carbocycles. The van der Waals surface area contributed by atoms with Crippen molar-refractivity contribution in [1.29, 1.82) is 0 Å². The van der Waals surface area contributed by atoms with Gasteiger partial charge >= 0.3 is 0 Å². The lowest BCUT2D eigenvalue weighted by Gasteiger charge is -2.23. The molecule has 1 fully saturated rings. The molecule has 0 amide bonds. The molecule has 0 saturated heterocycles. The number of hydrogen-bond donors (Lipinski definition) is 0. The van der Waals surface area contributed by atoms with Crippen LogP contribution in [-0.4, -0.2) is 56.0 Å². The van der Waals surface area contributed by atoms with Crippen molar-refractivity contribution in [3.05, 3.63) is 0 Å². The summed E-state index contributed by atoms with van der Waals surface area (Å²) in [6.07, 6.45) is 5.04. The Labute approximate surface area is 104 Å². The van der Waals surface area contributed by atoms with Crippen molar-refractivity contribution < 1.29 is 8.42 Å². The fourth-order valence-corrected chi connectivity index (χ4v) is 3.95. The molecule has 0 unspecified atom stereocenters. The highest BCUT2D eigenvalue weighted by molar-refractivity contribution is 7.99. The summed E-state index contributed by atoms with van der Waals surface area (Å²) in [5.41, 5.74) is 0. The van der Waals surface area contributed by atoms with E-state index in [0.29, 0.717) is 12.6 Å². The second kappa shape index (κ2) is 6.26. The highest BCUT2D eigenvalue weighted by Gasteiger charge is 2.27. The van der Waals surface area contributed by atoms with Gasteiger partial charge in [0.05, 0.1) is 5.75 Å². The number of thioether (sulfide) groups is 1. The molecular weight excluding hydrogens is 242 g/mol. The van der Waals surface area contributed by atoms with Crippen LogP contribution in [0.1, 0.15) is 26.2 Å². The summed E-state index contributed by atoms with van der Waals surface area (Å²) in [7, 11) is -0.769. The van der Waals surface area contributed by atoms with E-state index in [1.165, 1.54) is 31.3 Å². The summed E-state index contributed by atoms with van der Waals surface area (Å²) in [5.74, 6) is 1.47. The van der Waals surface area contributed by atoms with Crippen LogP contribution < -0.4 is 0 Å². The van der Waals surface area contributed by atoms with E-state index >= 15 is 0 Å². The first-order chi connectivity index (χ1) is 7.42. The van der Waals surface area contributed by atoms with Crippen molar-refractivity contribution in [2.45, 2.75) is 37.5 Å². The van der Waals surface area contributed by atoms with Crippen LogP contribution in [0.3, 0.4) is 0 Å². The average molecular weight is 265 g/mol. The monoisotopic (exact) mass is 265 g/mol. The Kier molecular flexibility index (Phi) is 5.61. The number of nitrogens with zero attached hydrogens (tertiary/aromatic N) is 1. The zero-order valence-corrected chi connectivity index (χ0v) is 12.1. The first kappa shape index (κ1) is 14.3. The van der Waals surface area contributed by atoms with Crippen LogP contribution in [0.4, 0.5) is 0 Å². The molecule has 3 nitrogen and oxygen atoms in total. The summed E-state index contributed by atoms with van der Waals surface area (Å²) in [6, 6.07) is 0.589. The predicted molar refractivity (Wildman–Crippen MR) is 71.9 cm³/mol. The molecule has 0 aliphatic heterocycles. The fraction of sp³-hybridized carbons (Fsp3) is 1.00. The van der Waals surface area contributed by atoms with Gasteiger partial charge < -0.3 is 4.90 Å². The highest BCUT2D eigenvalue weighted by atomic mass is 32.2. The molecule has 0 bridgehead atoms. The van der Waals surface area contributed by atoms with Crippen LogP contribution in [0.15, 0.2) is 0 Å².